The summed E-state index contributed by atoms with van der Waals surface area (Å²) in [6.45, 7) is 7.24. The van der Waals surface area contributed by atoms with Gasteiger partial charge in [-0.1, -0.05) is 24.3 Å². The predicted octanol–water partition coefficient (Wildman–Crippen LogP) is 3.31. The van der Waals surface area contributed by atoms with Crippen LogP contribution in [0, 0.1) is 0 Å². The number of fused-ring (bicyclic) bond motifs is 1. The third kappa shape index (κ3) is 2.95. The first kappa shape index (κ1) is 13.8. The number of nitrogens with one attached hydrogen (secondary N) is 1. The minimum absolute atomic E-state index is 0.0687. The van der Waals surface area contributed by atoms with Gasteiger partial charge in [-0.3, -0.25) is 0 Å². The van der Waals surface area contributed by atoms with Crippen molar-refractivity contribution in [3.8, 4) is 5.82 Å². The predicted molar refractivity (Wildman–Crippen MR) is 85.5 cm³/mol. The normalized spacial score (nSPS) is 12.0. The molecule has 3 rings (SSSR count). The maximum absolute atomic E-state index is 4.53. The fourth-order valence-electron chi connectivity index (χ4n) is 2.26. The SMILES string of the molecule is CC(C)(C)NCc1cccnc1-n1ncc2ccccc21. The van der Waals surface area contributed by atoms with Crippen LogP contribution < -0.4 is 5.32 Å². The summed E-state index contributed by atoms with van der Waals surface area (Å²) < 4.78 is 1.91. The summed E-state index contributed by atoms with van der Waals surface area (Å²) in [5.74, 6) is 0.885. The Kier molecular flexibility index (Phi) is 3.47. The van der Waals surface area contributed by atoms with Crippen LogP contribution in [0.25, 0.3) is 16.7 Å². The van der Waals surface area contributed by atoms with Gasteiger partial charge in [0.25, 0.3) is 0 Å². The minimum Gasteiger partial charge on any atom is -0.308 e. The Morgan fingerprint density at radius 2 is 1.90 bits per heavy atom. The van der Waals surface area contributed by atoms with Crippen molar-refractivity contribution in [1.82, 2.24) is 20.1 Å². The van der Waals surface area contributed by atoms with Gasteiger partial charge < -0.3 is 5.32 Å². The zero-order valence-electron chi connectivity index (χ0n) is 12.7. The van der Waals surface area contributed by atoms with Crippen LogP contribution in [0.15, 0.2) is 48.8 Å². The number of aromatic nitrogens is 3. The monoisotopic (exact) mass is 280 g/mol. The molecule has 0 aliphatic carbocycles. The molecule has 0 radical (unpaired) electrons. The van der Waals surface area contributed by atoms with E-state index in [1.165, 1.54) is 0 Å². The first-order chi connectivity index (χ1) is 10.0. The second-order valence-electron chi connectivity index (χ2n) is 6.20. The topological polar surface area (TPSA) is 42.7 Å². The zero-order chi connectivity index (χ0) is 14.9. The third-order valence-electron chi connectivity index (χ3n) is 3.35. The molecule has 0 saturated heterocycles. The molecular weight excluding hydrogens is 260 g/mol. The molecule has 108 valence electrons. The van der Waals surface area contributed by atoms with Gasteiger partial charge in [-0.05, 0) is 32.9 Å². The van der Waals surface area contributed by atoms with E-state index in [1.807, 2.05) is 35.3 Å². The van der Waals surface area contributed by atoms with E-state index in [0.717, 1.165) is 28.8 Å². The average molecular weight is 280 g/mol. The summed E-state index contributed by atoms with van der Waals surface area (Å²) in [5, 5.41) is 9.13. The molecule has 0 atom stereocenters. The van der Waals surface area contributed by atoms with Gasteiger partial charge >= 0.3 is 0 Å². The Morgan fingerprint density at radius 1 is 1.10 bits per heavy atom. The Labute approximate surface area is 124 Å². The van der Waals surface area contributed by atoms with Crippen LogP contribution in [0.1, 0.15) is 26.3 Å². The summed E-state index contributed by atoms with van der Waals surface area (Å²) in [7, 11) is 0. The quantitative estimate of drug-likeness (QED) is 0.800. The summed E-state index contributed by atoms with van der Waals surface area (Å²) >= 11 is 0. The molecule has 0 fully saturated rings. The van der Waals surface area contributed by atoms with E-state index in [1.54, 1.807) is 0 Å². The molecule has 0 saturated carbocycles. The van der Waals surface area contributed by atoms with Crippen molar-refractivity contribution >= 4 is 10.9 Å². The largest absolute Gasteiger partial charge is 0.308 e. The second-order valence-corrected chi connectivity index (χ2v) is 6.20. The van der Waals surface area contributed by atoms with E-state index in [9.17, 15) is 0 Å². The third-order valence-corrected chi connectivity index (χ3v) is 3.35. The summed E-state index contributed by atoms with van der Waals surface area (Å²) in [5.41, 5.74) is 2.29. The second kappa shape index (κ2) is 5.30. The lowest BCUT2D eigenvalue weighted by molar-refractivity contribution is 0.423. The highest BCUT2D eigenvalue weighted by Crippen LogP contribution is 2.19. The smallest absolute Gasteiger partial charge is 0.158 e. The number of benzene rings is 1. The molecule has 4 nitrogen and oxygen atoms in total. The number of hydrogen-bond donors (Lipinski definition) is 1. The number of rotatable bonds is 3. The zero-order valence-corrected chi connectivity index (χ0v) is 12.7. The average Bonchev–Trinajstić information content (AvgIpc) is 2.88. The minimum atomic E-state index is 0.0687. The van der Waals surface area contributed by atoms with E-state index in [4.69, 9.17) is 0 Å². The molecular formula is C17H20N4. The van der Waals surface area contributed by atoms with Crippen LogP contribution in [0.5, 0.6) is 0 Å². The van der Waals surface area contributed by atoms with Gasteiger partial charge in [-0.2, -0.15) is 5.10 Å². The van der Waals surface area contributed by atoms with Gasteiger partial charge in [0, 0.05) is 29.2 Å². The molecule has 0 aliphatic rings. The molecule has 1 N–H and O–H groups in total. The van der Waals surface area contributed by atoms with E-state index in [0.29, 0.717) is 0 Å². The first-order valence-corrected chi connectivity index (χ1v) is 7.17. The van der Waals surface area contributed by atoms with Crippen LogP contribution in [0.3, 0.4) is 0 Å². The van der Waals surface area contributed by atoms with Gasteiger partial charge in [0.1, 0.15) is 0 Å². The summed E-state index contributed by atoms with van der Waals surface area (Å²) in [6, 6.07) is 12.2. The number of pyridine rings is 1. The van der Waals surface area contributed by atoms with Crippen LogP contribution in [-0.4, -0.2) is 20.3 Å². The molecule has 0 spiro atoms. The molecule has 2 heterocycles. The van der Waals surface area contributed by atoms with Gasteiger partial charge in [-0.25, -0.2) is 9.67 Å². The Balaban J connectivity index is 2.02. The highest BCUT2D eigenvalue weighted by atomic mass is 15.3. The van der Waals surface area contributed by atoms with Crippen molar-refractivity contribution in [2.24, 2.45) is 0 Å². The lowest BCUT2D eigenvalue weighted by Gasteiger charge is -2.21. The van der Waals surface area contributed by atoms with Crippen LogP contribution in [0.4, 0.5) is 0 Å². The molecule has 0 amide bonds. The Hall–Kier alpha value is -2.20. The molecule has 3 aromatic rings. The van der Waals surface area contributed by atoms with E-state index < -0.39 is 0 Å². The van der Waals surface area contributed by atoms with Crippen LogP contribution >= 0.6 is 0 Å². The van der Waals surface area contributed by atoms with Crippen molar-refractivity contribution in [3.63, 3.8) is 0 Å². The first-order valence-electron chi connectivity index (χ1n) is 7.17. The standard InChI is InChI=1S/C17H20N4/c1-17(2,3)19-11-14-8-6-10-18-16(14)21-15-9-5-4-7-13(15)12-20-21/h4-10,12,19H,11H2,1-3H3. The lowest BCUT2D eigenvalue weighted by atomic mass is 10.1. The molecule has 0 unspecified atom stereocenters. The Bertz CT molecular complexity index is 753. The van der Waals surface area contributed by atoms with E-state index in [2.05, 4.69) is 54.4 Å². The van der Waals surface area contributed by atoms with Crippen molar-refractivity contribution < 1.29 is 0 Å². The summed E-state index contributed by atoms with van der Waals surface area (Å²) in [4.78, 5) is 4.53. The van der Waals surface area contributed by atoms with Crippen molar-refractivity contribution in [1.29, 1.82) is 0 Å². The fraction of sp³-hybridized carbons (Fsp3) is 0.294. The van der Waals surface area contributed by atoms with E-state index in [-0.39, 0.29) is 5.54 Å². The van der Waals surface area contributed by atoms with Crippen LogP contribution in [-0.2, 0) is 6.54 Å². The molecule has 0 aliphatic heterocycles. The molecule has 4 heteroatoms. The Morgan fingerprint density at radius 3 is 2.71 bits per heavy atom. The van der Waals surface area contributed by atoms with Gasteiger partial charge in [0.15, 0.2) is 5.82 Å². The van der Waals surface area contributed by atoms with E-state index >= 15 is 0 Å². The van der Waals surface area contributed by atoms with Crippen molar-refractivity contribution in [2.45, 2.75) is 32.9 Å². The van der Waals surface area contributed by atoms with Crippen molar-refractivity contribution in [3.05, 3.63) is 54.4 Å². The highest BCUT2D eigenvalue weighted by Gasteiger charge is 2.13. The van der Waals surface area contributed by atoms with Crippen molar-refractivity contribution in [2.75, 3.05) is 0 Å². The number of hydrogen-bond acceptors (Lipinski definition) is 3. The van der Waals surface area contributed by atoms with Crippen LogP contribution in [0.2, 0.25) is 0 Å². The summed E-state index contributed by atoms with van der Waals surface area (Å²) in [6.07, 6.45) is 3.69. The molecule has 2 aromatic heterocycles. The molecule has 1 aromatic carbocycles. The maximum atomic E-state index is 4.53. The van der Waals surface area contributed by atoms with Gasteiger partial charge in [-0.15, -0.1) is 0 Å². The maximum Gasteiger partial charge on any atom is 0.158 e. The number of nitrogens with zero attached hydrogens (tertiary/aromatic N) is 3. The fourth-order valence-corrected chi connectivity index (χ4v) is 2.26. The lowest BCUT2D eigenvalue weighted by Crippen LogP contribution is -2.35. The number of para-hydroxylation sites is 1. The van der Waals surface area contributed by atoms with Gasteiger partial charge in [0.2, 0.25) is 0 Å². The molecule has 0 bridgehead atoms. The van der Waals surface area contributed by atoms with Gasteiger partial charge in [0.05, 0.1) is 11.7 Å². The molecule has 21 heavy (non-hydrogen) atoms. The highest BCUT2D eigenvalue weighted by molar-refractivity contribution is 5.79.